The minimum atomic E-state index is -5.73. The Bertz CT molecular complexity index is 1140. The van der Waals surface area contributed by atoms with E-state index in [1.54, 1.807) is 0 Å². The Morgan fingerprint density at radius 2 is 1.72 bits per heavy atom. The van der Waals surface area contributed by atoms with Gasteiger partial charge in [-0.3, -0.25) is 9.09 Å². The maximum Gasteiger partial charge on any atom is 0.490 e. The Labute approximate surface area is 178 Å². The summed E-state index contributed by atoms with van der Waals surface area (Å²) in [4.78, 5) is 47.7. The fraction of sp³-hybridized carbons (Fsp3) is 0.545. The molecule has 18 nitrogen and oxygen atoms in total. The van der Waals surface area contributed by atoms with Crippen molar-refractivity contribution in [3.05, 3.63) is 12.7 Å². The first-order valence-electron chi connectivity index (χ1n) is 8.37. The molecular formula is C11H18N5O13P3. The third kappa shape index (κ3) is 5.58. The Hall–Kier alpha value is -1.36. The summed E-state index contributed by atoms with van der Waals surface area (Å²) in [5.74, 6) is 0.0411. The fourth-order valence-corrected chi connectivity index (χ4v) is 6.13. The molecule has 1 saturated heterocycles. The number of imidazole rings is 1. The second-order valence-corrected chi connectivity index (χ2v) is 10.8. The number of aliphatic hydroxyl groups excluding tert-OH is 2. The highest BCUT2D eigenvalue weighted by Crippen LogP contribution is 2.66. The third-order valence-electron chi connectivity index (χ3n) is 4.11. The van der Waals surface area contributed by atoms with Crippen molar-refractivity contribution in [2.24, 2.45) is 0 Å². The van der Waals surface area contributed by atoms with Gasteiger partial charge in [-0.15, -0.1) is 0 Å². The molecule has 3 heterocycles. The monoisotopic (exact) mass is 521 g/mol. The van der Waals surface area contributed by atoms with Gasteiger partial charge in [0.25, 0.3) is 0 Å². The van der Waals surface area contributed by atoms with Gasteiger partial charge >= 0.3 is 23.5 Å². The highest BCUT2D eigenvalue weighted by molar-refractivity contribution is 7.66. The highest BCUT2D eigenvalue weighted by atomic mass is 31.3. The van der Waals surface area contributed by atoms with Gasteiger partial charge in [-0.1, -0.05) is 0 Å². The number of nitrogens with zero attached hydrogens (tertiary/aromatic N) is 4. The van der Waals surface area contributed by atoms with Crippen LogP contribution in [0.1, 0.15) is 13.2 Å². The van der Waals surface area contributed by atoms with Gasteiger partial charge in [-0.2, -0.15) is 8.62 Å². The highest BCUT2D eigenvalue weighted by Gasteiger charge is 2.49. The zero-order valence-electron chi connectivity index (χ0n) is 15.8. The van der Waals surface area contributed by atoms with Crippen LogP contribution in [0.2, 0.25) is 0 Å². The lowest BCUT2D eigenvalue weighted by Crippen LogP contribution is -2.38. The van der Waals surface area contributed by atoms with Crippen LogP contribution in [0, 0.1) is 0 Å². The molecule has 7 atom stereocenters. The summed E-state index contributed by atoms with van der Waals surface area (Å²) in [6.45, 7) is 1.09. The molecule has 2 unspecified atom stereocenters. The molecule has 32 heavy (non-hydrogen) atoms. The van der Waals surface area contributed by atoms with Gasteiger partial charge in [0.1, 0.15) is 30.2 Å². The van der Waals surface area contributed by atoms with Gasteiger partial charge in [0, 0.05) is 0 Å². The summed E-state index contributed by atoms with van der Waals surface area (Å²) in [5.41, 5.74) is 6.02. The van der Waals surface area contributed by atoms with E-state index in [4.69, 9.17) is 20.3 Å². The molecule has 0 aliphatic carbocycles. The van der Waals surface area contributed by atoms with Crippen molar-refractivity contribution in [3.8, 4) is 0 Å². The molecular weight excluding hydrogens is 503 g/mol. The largest absolute Gasteiger partial charge is 0.490 e. The van der Waals surface area contributed by atoms with Gasteiger partial charge in [-0.25, -0.2) is 28.6 Å². The van der Waals surface area contributed by atoms with Gasteiger partial charge in [0.2, 0.25) is 0 Å². The average molecular weight is 521 g/mol. The lowest BCUT2D eigenvalue weighted by molar-refractivity contribution is -0.0755. The smallest absolute Gasteiger partial charge is 0.387 e. The van der Waals surface area contributed by atoms with Crippen LogP contribution in [0.3, 0.4) is 0 Å². The van der Waals surface area contributed by atoms with Crippen LogP contribution >= 0.6 is 23.5 Å². The summed E-state index contributed by atoms with van der Waals surface area (Å²) in [6.07, 6.45) is -5.34. The topological polar surface area (TPSA) is 279 Å². The van der Waals surface area contributed by atoms with Gasteiger partial charge in [-0.05, 0) is 6.92 Å². The lowest BCUT2D eigenvalue weighted by atomic mass is 10.1. The first-order chi connectivity index (χ1) is 14.6. The molecule has 1 aliphatic heterocycles. The summed E-state index contributed by atoms with van der Waals surface area (Å²) in [5, 5.41) is 20.7. The van der Waals surface area contributed by atoms with E-state index < -0.39 is 54.1 Å². The molecule has 2 aromatic rings. The molecule has 0 spiro atoms. The van der Waals surface area contributed by atoms with Crippen LogP contribution in [0.25, 0.3) is 11.2 Å². The van der Waals surface area contributed by atoms with Crippen LogP contribution in [0.4, 0.5) is 5.82 Å². The SMILES string of the molecule is C[C@H](OP(=O)(O)OP(=O)(O)OP(=O)(O)O)[C@H]1O[C@@H](n2cnc3c(N)ncnc32)[C@H](O)[C@@H]1O. The predicted octanol–water partition coefficient (Wildman–Crippen LogP) is -1.24. The van der Waals surface area contributed by atoms with E-state index in [9.17, 15) is 33.7 Å². The van der Waals surface area contributed by atoms with E-state index in [-0.39, 0.29) is 17.0 Å². The fourth-order valence-electron chi connectivity index (χ4n) is 2.93. The number of anilines is 1. The normalized spacial score (nSPS) is 29.0. The molecule has 0 bridgehead atoms. The zero-order chi connectivity index (χ0) is 24.1. The molecule has 21 heteroatoms. The molecule has 3 rings (SSSR count). The number of hydrogen-bond donors (Lipinski definition) is 7. The van der Waals surface area contributed by atoms with Crippen molar-refractivity contribution in [2.75, 3.05) is 5.73 Å². The van der Waals surface area contributed by atoms with Gasteiger partial charge in [0.15, 0.2) is 17.7 Å². The molecule has 1 aliphatic rings. The second kappa shape index (κ2) is 8.77. The van der Waals surface area contributed by atoms with E-state index in [1.165, 1.54) is 10.9 Å². The number of ether oxygens (including phenoxy) is 1. The van der Waals surface area contributed by atoms with Crippen molar-refractivity contribution < 1.29 is 61.4 Å². The average Bonchev–Trinajstić information content (AvgIpc) is 3.14. The summed E-state index contributed by atoms with van der Waals surface area (Å²) in [6, 6.07) is 0. The maximum atomic E-state index is 12.0. The van der Waals surface area contributed by atoms with Crippen LogP contribution in [0.15, 0.2) is 12.7 Å². The Morgan fingerprint density at radius 1 is 1.06 bits per heavy atom. The Morgan fingerprint density at radius 3 is 2.34 bits per heavy atom. The van der Waals surface area contributed by atoms with Gasteiger partial charge < -0.3 is 40.3 Å². The number of fused-ring (bicyclic) bond motifs is 1. The molecule has 0 aromatic carbocycles. The number of phosphoric acid groups is 3. The number of aromatic nitrogens is 4. The van der Waals surface area contributed by atoms with Crippen molar-refractivity contribution >= 4 is 40.4 Å². The molecule has 0 radical (unpaired) electrons. The first-order valence-corrected chi connectivity index (χ1v) is 12.9. The Balaban J connectivity index is 1.75. The van der Waals surface area contributed by atoms with Gasteiger partial charge in [0.05, 0.1) is 12.4 Å². The standard InChI is InChI=1S/C11H18N5O13P3/c1-4(27-31(22,23)29-32(24,25)28-30(19,20)21)8-6(17)7(18)11(26-8)16-3-15-5-9(12)13-2-14-10(5)16/h2-4,6-8,11,17-18H,1H3,(H,22,23)(H,24,25)(H2,12,13,14)(H2,19,20,21)/t4-,6-,7+,8+,11+/m0/s1. The number of nitrogen functional groups attached to an aromatic ring is 1. The zero-order valence-corrected chi connectivity index (χ0v) is 18.5. The quantitative estimate of drug-likeness (QED) is 0.200. The number of rotatable bonds is 8. The molecule has 0 saturated carbocycles. The number of phosphoric ester groups is 1. The van der Waals surface area contributed by atoms with E-state index in [0.717, 1.165) is 13.3 Å². The minimum absolute atomic E-state index is 0.0411. The molecule has 2 aromatic heterocycles. The summed E-state index contributed by atoms with van der Waals surface area (Å²) < 4.78 is 52.7. The number of hydrogen-bond acceptors (Lipinski definition) is 13. The van der Waals surface area contributed by atoms with E-state index in [2.05, 4.69) is 28.1 Å². The minimum Gasteiger partial charge on any atom is -0.387 e. The summed E-state index contributed by atoms with van der Waals surface area (Å²) >= 11 is 0. The lowest BCUT2D eigenvalue weighted by Gasteiger charge is -2.24. The van der Waals surface area contributed by atoms with E-state index in [1.807, 2.05) is 0 Å². The molecule has 1 fully saturated rings. The maximum absolute atomic E-state index is 12.0. The molecule has 180 valence electrons. The van der Waals surface area contributed by atoms with Crippen LogP contribution in [-0.2, 0) is 31.6 Å². The van der Waals surface area contributed by atoms with E-state index in [0.29, 0.717) is 0 Å². The Kier molecular flexibility index (Phi) is 6.93. The van der Waals surface area contributed by atoms with Crippen molar-refractivity contribution in [1.82, 2.24) is 19.5 Å². The van der Waals surface area contributed by atoms with Crippen LogP contribution in [-0.4, -0.2) is 73.7 Å². The number of aliphatic hydroxyl groups is 2. The summed E-state index contributed by atoms with van der Waals surface area (Å²) in [7, 11) is -16.8. The van der Waals surface area contributed by atoms with Crippen molar-refractivity contribution in [1.29, 1.82) is 0 Å². The molecule has 0 amide bonds. The van der Waals surface area contributed by atoms with E-state index >= 15 is 0 Å². The van der Waals surface area contributed by atoms with Crippen molar-refractivity contribution in [3.63, 3.8) is 0 Å². The molecule has 8 N–H and O–H groups in total. The van der Waals surface area contributed by atoms with Crippen LogP contribution < -0.4 is 5.73 Å². The predicted molar refractivity (Wildman–Crippen MR) is 100 cm³/mol. The van der Waals surface area contributed by atoms with Crippen molar-refractivity contribution in [2.45, 2.75) is 37.6 Å². The number of nitrogens with two attached hydrogens (primary N) is 1. The first kappa shape index (κ1) is 25.3. The van der Waals surface area contributed by atoms with Crippen LogP contribution in [0.5, 0.6) is 0 Å². The second-order valence-electron chi connectivity index (χ2n) is 6.46. The third-order valence-corrected chi connectivity index (χ3v) is 8.04.